The Labute approximate surface area is 232 Å². The molecule has 0 aliphatic carbocycles. The van der Waals surface area contributed by atoms with Crippen LogP contribution in [0.2, 0.25) is 5.02 Å². The highest BCUT2D eigenvalue weighted by Gasteiger charge is 2.11. The molecular formula is C31H30ClFN4O2. The summed E-state index contributed by atoms with van der Waals surface area (Å²) in [4.78, 5) is 8.89. The molecule has 6 nitrogen and oxygen atoms in total. The Balaban J connectivity index is 1.29. The fourth-order valence-electron chi connectivity index (χ4n) is 4.32. The number of furan rings is 1. The van der Waals surface area contributed by atoms with Crippen molar-refractivity contribution in [2.75, 3.05) is 18.4 Å². The summed E-state index contributed by atoms with van der Waals surface area (Å²) in [7, 11) is 0. The molecule has 0 atom stereocenters. The number of nitrogens with zero attached hydrogens (tertiary/aromatic N) is 2. The van der Waals surface area contributed by atoms with Gasteiger partial charge in [-0.15, -0.1) is 0 Å². The van der Waals surface area contributed by atoms with E-state index in [1.165, 1.54) is 18.5 Å². The Bertz CT molecular complexity index is 1560. The average Bonchev–Trinajstić information content (AvgIpc) is 3.41. The SMILES string of the molecule is CCNCCCCc1ccc(-c2ccc3ncnc(Nc4ccc(OCc5cccc(F)c5)c(Cl)c4)c3c2)o1. The van der Waals surface area contributed by atoms with Gasteiger partial charge in [-0.25, -0.2) is 14.4 Å². The van der Waals surface area contributed by atoms with Crippen LogP contribution >= 0.6 is 11.6 Å². The lowest BCUT2D eigenvalue weighted by Crippen LogP contribution is -2.13. The molecule has 0 bridgehead atoms. The predicted molar refractivity (Wildman–Crippen MR) is 154 cm³/mol. The van der Waals surface area contributed by atoms with Crippen LogP contribution in [-0.2, 0) is 13.0 Å². The molecule has 0 saturated carbocycles. The lowest BCUT2D eigenvalue weighted by Gasteiger charge is -2.12. The molecule has 0 fully saturated rings. The van der Waals surface area contributed by atoms with Crippen molar-refractivity contribution in [2.45, 2.75) is 32.8 Å². The molecule has 39 heavy (non-hydrogen) atoms. The lowest BCUT2D eigenvalue weighted by atomic mass is 10.1. The fraction of sp³-hybridized carbons (Fsp3) is 0.226. The number of aryl methyl sites for hydroxylation is 1. The van der Waals surface area contributed by atoms with Gasteiger partial charge in [0.25, 0.3) is 0 Å². The van der Waals surface area contributed by atoms with Gasteiger partial charge in [-0.3, -0.25) is 0 Å². The standard InChI is InChI=1S/C31H30ClFN4O2/c1-2-34-15-4-3-8-25-11-14-29(39-25)22-9-12-28-26(17-22)31(36-20-35-28)37-24-10-13-30(27(32)18-24)38-19-21-6-5-7-23(33)16-21/h5-7,9-14,16-18,20,34H,2-4,8,15,19H2,1H3,(H,35,36,37). The summed E-state index contributed by atoms with van der Waals surface area (Å²) in [6, 6.07) is 21.8. The summed E-state index contributed by atoms with van der Waals surface area (Å²) in [6.07, 6.45) is 4.64. The van der Waals surface area contributed by atoms with Crippen LogP contribution in [-0.4, -0.2) is 23.1 Å². The minimum Gasteiger partial charge on any atom is -0.487 e. The van der Waals surface area contributed by atoms with Crippen molar-refractivity contribution in [3.8, 4) is 17.1 Å². The molecule has 200 valence electrons. The summed E-state index contributed by atoms with van der Waals surface area (Å²) in [6.45, 7) is 4.36. The monoisotopic (exact) mass is 544 g/mol. The van der Waals surface area contributed by atoms with E-state index in [1.54, 1.807) is 24.3 Å². The first-order chi connectivity index (χ1) is 19.1. The molecule has 2 heterocycles. The number of benzene rings is 3. The minimum absolute atomic E-state index is 0.216. The van der Waals surface area contributed by atoms with Crippen LogP contribution in [0.5, 0.6) is 5.75 Å². The van der Waals surface area contributed by atoms with E-state index < -0.39 is 0 Å². The topological polar surface area (TPSA) is 72.2 Å². The van der Waals surface area contributed by atoms with Gasteiger partial charge >= 0.3 is 0 Å². The Morgan fingerprint density at radius 3 is 2.74 bits per heavy atom. The van der Waals surface area contributed by atoms with Gasteiger partial charge in [-0.05, 0) is 92.2 Å². The molecule has 0 aliphatic rings. The Kier molecular flexibility index (Phi) is 8.71. The van der Waals surface area contributed by atoms with Crippen LogP contribution in [0, 0.1) is 5.82 Å². The highest BCUT2D eigenvalue weighted by molar-refractivity contribution is 6.32. The molecule has 0 radical (unpaired) electrons. The van der Waals surface area contributed by atoms with Crippen LogP contribution in [0.15, 0.2) is 83.5 Å². The predicted octanol–water partition coefficient (Wildman–Crippen LogP) is 7.94. The van der Waals surface area contributed by atoms with Gasteiger partial charge in [0.15, 0.2) is 0 Å². The van der Waals surface area contributed by atoms with Crippen LogP contribution in [0.4, 0.5) is 15.9 Å². The highest BCUT2D eigenvalue weighted by Crippen LogP contribution is 2.33. The van der Waals surface area contributed by atoms with Crippen LogP contribution in [0.25, 0.3) is 22.2 Å². The number of unbranched alkanes of at least 4 members (excludes halogenated alkanes) is 1. The van der Waals surface area contributed by atoms with Gasteiger partial charge in [0.1, 0.15) is 41.8 Å². The van der Waals surface area contributed by atoms with Gasteiger partial charge < -0.3 is 19.8 Å². The van der Waals surface area contributed by atoms with E-state index >= 15 is 0 Å². The second-order valence-corrected chi connectivity index (χ2v) is 9.63. The average molecular weight is 545 g/mol. The van der Waals surface area contributed by atoms with E-state index in [1.807, 2.05) is 36.4 Å². The third-order valence-corrected chi connectivity index (χ3v) is 6.63. The molecule has 0 amide bonds. The first-order valence-corrected chi connectivity index (χ1v) is 13.5. The first-order valence-electron chi connectivity index (χ1n) is 13.1. The number of aromatic nitrogens is 2. The number of rotatable bonds is 12. The van der Waals surface area contributed by atoms with Gasteiger partial charge in [0.05, 0.1) is 10.5 Å². The lowest BCUT2D eigenvalue weighted by molar-refractivity contribution is 0.306. The van der Waals surface area contributed by atoms with Crippen molar-refractivity contribution in [3.63, 3.8) is 0 Å². The van der Waals surface area contributed by atoms with Gasteiger partial charge in [-0.2, -0.15) is 0 Å². The number of hydrogen-bond donors (Lipinski definition) is 2. The van der Waals surface area contributed by atoms with E-state index in [2.05, 4.69) is 27.5 Å². The summed E-state index contributed by atoms with van der Waals surface area (Å²) >= 11 is 6.49. The van der Waals surface area contributed by atoms with Crippen LogP contribution in [0.1, 0.15) is 31.1 Å². The number of fused-ring (bicyclic) bond motifs is 1. The zero-order chi connectivity index (χ0) is 27.0. The molecular weight excluding hydrogens is 515 g/mol. The van der Waals surface area contributed by atoms with Crippen molar-refractivity contribution < 1.29 is 13.5 Å². The summed E-state index contributed by atoms with van der Waals surface area (Å²) in [5, 5.41) is 7.99. The molecule has 0 unspecified atom stereocenters. The summed E-state index contributed by atoms with van der Waals surface area (Å²) in [5.41, 5.74) is 3.25. The quantitative estimate of drug-likeness (QED) is 0.155. The molecule has 5 aromatic rings. The van der Waals surface area contributed by atoms with Crippen molar-refractivity contribution in [1.29, 1.82) is 0 Å². The van der Waals surface area contributed by atoms with Crippen LogP contribution in [0.3, 0.4) is 0 Å². The summed E-state index contributed by atoms with van der Waals surface area (Å²) < 4.78 is 25.4. The Morgan fingerprint density at radius 1 is 0.974 bits per heavy atom. The maximum atomic E-state index is 13.4. The summed E-state index contributed by atoms with van der Waals surface area (Å²) in [5.74, 6) is 2.66. The van der Waals surface area contributed by atoms with E-state index in [-0.39, 0.29) is 12.4 Å². The maximum Gasteiger partial charge on any atom is 0.141 e. The van der Waals surface area contributed by atoms with Crippen LogP contribution < -0.4 is 15.4 Å². The minimum atomic E-state index is -0.301. The number of ether oxygens (including phenoxy) is 1. The number of halogens is 2. The van der Waals surface area contributed by atoms with E-state index in [0.717, 1.165) is 71.6 Å². The van der Waals surface area contributed by atoms with Crippen molar-refractivity contribution in [2.24, 2.45) is 0 Å². The zero-order valence-electron chi connectivity index (χ0n) is 21.7. The number of anilines is 2. The van der Waals surface area contributed by atoms with E-state index in [9.17, 15) is 4.39 Å². The van der Waals surface area contributed by atoms with Gasteiger partial charge in [0.2, 0.25) is 0 Å². The molecule has 5 rings (SSSR count). The highest BCUT2D eigenvalue weighted by atomic mass is 35.5. The molecule has 0 saturated heterocycles. The smallest absolute Gasteiger partial charge is 0.141 e. The van der Waals surface area contributed by atoms with Gasteiger partial charge in [-0.1, -0.05) is 30.7 Å². The Hall–Kier alpha value is -3.94. The molecule has 3 aromatic carbocycles. The molecule has 2 N–H and O–H groups in total. The molecule has 0 spiro atoms. The third-order valence-electron chi connectivity index (χ3n) is 6.34. The second kappa shape index (κ2) is 12.7. The Morgan fingerprint density at radius 2 is 1.90 bits per heavy atom. The molecule has 0 aliphatic heterocycles. The third kappa shape index (κ3) is 6.93. The largest absolute Gasteiger partial charge is 0.487 e. The first kappa shape index (κ1) is 26.7. The normalized spacial score (nSPS) is 11.2. The molecule has 8 heteroatoms. The number of nitrogens with one attached hydrogen (secondary N) is 2. The van der Waals surface area contributed by atoms with E-state index in [4.69, 9.17) is 20.8 Å². The van der Waals surface area contributed by atoms with Crippen molar-refractivity contribution >= 4 is 34.0 Å². The van der Waals surface area contributed by atoms with Crippen molar-refractivity contribution in [1.82, 2.24) is 15.3 Å². The maximum absolute atomic E-state index is 13.4. The second-order valence-electron chi connectivity index (χ2n) is 9.22. The molecule has 2 aromatic heterocycles. The van der Waals surface area contributed by atoms with Crippen molar-refractivity contribution in [3.05, 3.63) is 101 Å². The fourth-order valence-corrected chi connectivity index (χ4v) is 4.56. The van der Waals surface area contributed by atoms with Gasteiger partial charge in [0, 0.05) is 23.1 Å². The number of hydrogen-bond acceptors (Lipinski definition) is 6. The zero-order valence-corrected chi connectivity index (χ0v) is 22.5. The van der Waals surface area contributed by atoms with E-state index in [0.29, 0.717) is 16.6 Å².